The van der Waals surface area contributed by atoms with Crippen LogP contribution in [0.15, 0.2) is 35.7 Å². The van der Waals surface area contributed by atoms with Gasteiger partial charge in [-0.25, -0.2) is 4.98 Å². The van der Waals surface area contributed by atoms with E-state index in [1.807, 2.05) is 6.07 Å². The smallest absolute Gasteiger partial charge is 0.0945 e. The minimum absolute atomic E-state index is 1.03. The van der Waals surface area contributed by atoms with Gasteiger partial charge in [0.15, 0.2) is 0 Å². The van der Waals surface area contributed by atoms with Gasteiger partial charge in [-0.2, -0.15) is 0 Å². The summed E-state index contributed by atoms with van der Waals surface area (Å²) in [7, 11) is 0. The number of thiazole rings is 1. The molecule has 0 aliphatic rings. The summed E-state index contributed by atoms with van der Waals surface area (Å²) in [6, 6.07) is 10.4. The fourth-order valence-electron chi connectivity index (χ4n) is 2.16. The molecule has 0 bridgehead atoms. The van der Waals surface area contributed by atoms with Crippen LogP contribution in [0.5, 0.6) is 0 Å². The zero-order valence-electron chi connectivity index (χ0n) is 12.3. The summed E-state index contributed by atoms with van der Waals surface area (Å²) in [4.78, 5) is 4.71. The Morgan fingerprint density at radius 1 is 1.05 bits per heavy atom. The van der Waals surface area contributed by atoms with Crippen molar-refractivity contribution in [1.82, 2.24) is 10.3 Å². The van der Waals surface area contributed by atoms with Crippen LogP contribution in [0.25, 0.3) is 11.3 Å². The van der Waals surface area contributed by atoms with Crippen molar-refractivity contribution in [2.24, 2.45) is 0 Å². The first-order chi connectivity index (χ1) is 9.90. The van der Waals surface area contributed by atoms with Crippen LogP contribution in [0, 0.1) is 0 Å². The molecule has 0 amide bonds. The number of hydrogen-bond donors (Lipinski definition) is 1. The van der Waals surface area contributed by atoms with Gasteiger partial charge in [-0.15, -0.1) is 11.3 Å². The van der Waals surface area contributed by atoms with Crippen LogP contribution >= 0.6 is 11.3 Å². The molecular weight excluding hydrogens is 264 g/mol. The average Bonchev–Trinajstić information content (AvgIpc) is 2.96. The molecule has 2 nitrogen and oxygen atoms in total. The van der Waals surface area contributed by atoms with Crippen LogP contribution in [0.1, 0.15) is 37.6 Å². The highest BCUT2D eigenvalue weighted by Crippen LogP contribution is 2.21. The zero-order chi connectivity index (χ0) is 14.0. The molecule has 0 aliphatic heterocycles. The normalized spacial score (nSPS) is 10.8. The summed E-state index contributed by atoms with van der Waals surface area (Å²) in [5.41, 5.74) is 2.32. The number of nitrogens with zero attached hydrogens (tertiary/aromatic N) is 1. The molecule has 1 heterocycles. The topological polar surface area (TPSA) is 24.9 Å². The first kappa shape index (κ1) is 15.2. The van der Waals surface area contributed by atoms with Crippen molar-refractivity contribution >= 4 is 11.3 Å². The van der Waals surface area contributed by atoms with Gasteiger partial charge in [0, 0.05) is 23.9 Å². The van der Waals surface area contributed by atoms with Crippen LogP contribution < -0.4 is 5.32 Å². The molecule has 1 aromatic heterocycles. The lowest BCUT2D eigenvalue weighted by Gasteiger charge is -2.02. The fourth-order valence-corrected chi connectivity index (χ4v) is 2.97. The van der Waals surface area contributed by atoms with Crippen molar-refractivity contribution in [3.05, 3.63) is 40.7 Å². The lowest BCUT2D eigenvalue weighted by atomic mass is 10.2. The van der Waals surface area contributed by atoms with E-state index in [0.717, 1.165) is 25.2 Å². The monoisotopic (exact) mass is 288 g/mol. The van der Waals surface area contributed by atoms with E-state index in [4.69, 9.17) is 4.98 Å². The van der Waals surface area contributed by atoms with Crippen molar-refractivity contribution in [2.75, 3.05) is 13.1 Å². The van der Waals surface area contributed by atoms with E-state index >= 15 is 0 Å². The number of nitrogens with one attached hydrogen (secondary N) is 1. The molecule has 1 N–H and O–H groups in total. The maximum absolute atomic E-state index is 4.71. The maximum atomic E-state index is 4.71. The van der Waals surface area contributed by atoms with E-state index in [1.54, 1.807) is 11.3 Å². The van der Waals surface area contributed by atoms with E-state index in [-0.39, 0.29) is 0 Å². The Balaban J connectivity index is 1.69. The molecule has 0 spiro atoms. The Labute approximate surface area is 126 Å². The zero-order valence-corrected chi connectivity index (χ0v) is 13.1. The number of aromatic nitrogens is 1. The molecule has 20 heavy (non-hydrogen) atoms. The van der Waals surface area contributed by atoms with Crippen LogP contribution in [0.2, 0.25) is 0 Å². The van der Waals surface area contributed by atoms with Crippen molar-refractivity contribution in [3.63, 3.8) is 0 Å². The van der Waals surface area contributed by atoms with Gasteiger partial charge in [0.2, 0.25) is 0 Å². The molecule has 0 radical (unpaired) electrons. The molecule has 0 aliphatic carbocycles. The molecule has 2 aromatic rings. The molecule has 0 unspecified atom stereocenters. The van der Waals surface area contributed by atoms with Gasteiger partial charge in [0.05, 0.1) is 10.7 Å². The molecule has 1 aromatic carbocycles. The molecule has 108 valence electrons. The van der Waals surface area contributed by atoms with E-state index in [2.05, 4.69) is 41.9 Å². The first-order valence-electron chi connectivity index (χ1n) is 7.60. The minimum atomic E-state index is 1.03. The maximum Gasteiger partial charge on any atom is 0.0945 e. The summed E-state index contributed by atoms with van der Waals surface area (Å²) >= 11 is 1.77. The van der Waals surface area contributed by atoms with Crippen LogP contribution in [0.3, 0.4) is 0 Å². The lowest BCUT2D eigenvalue weighted by Crippen LogP contribution is -2.18. The van der Waals surface area contributed by atoms with Crippen molar-refractivity contribution in [1.29, 1.82) is 0 Å². The van der Waals surface area contributed by atoms with Gasteiger partial charge in [0.1, 0.15) is 0 Å². The van der Waals surface area contributed by atoms with Gasteiger partial charge in [-0.05, 0) is 13.0 Å². The van der Waals surface area contributed by atoms with Crippen LogP contribution in [-0.2, 0) is 6.42 Å². The van der Waals surface area contributed by atoms with Gasteiger partial charge in [0.25, 0.3) is 0 Å². The second-order valence-corrected chi connectivity index (χ2v) is 6.00. The van der Waals surface area contributed by atoms with Crippen molar-refractivity contribution < 1.29 is 0 Å². The molecule has 0 saturated heterocycles. The van der Waals surface area contributed by atoms with Crippen molar-refractivity contribution in [2.45, 2.75) is 39.0 Å². The van der Waals surface area contributed by atoms with Gasteiger partial charge < -0.3 is 5.32 Å². The number of hydrogen-bond acceptors (Lipinski definition) is 3. The van der Waals surface area contributed by atoms with Crippen LogP contribution in [0.4, 0.5) is 0 Å². The standard InChI is InChI=1S/C17H24N2S/c1-2-3-4-8-12-18-13-11-17-19-16(14-20-17)15-9-6-5-7-10-15/h5-7,9-10,14,18H,2-4,8,11-13H2,1H3. The molecule has 3 heteroatoms. The van der Waals surface area contributed by atoms with E-state index in [9.17, 15) is 0 Å². The Morgan fingerprint density at radius 3 is 2.70 bits per heavy atom. The summed E-state index contributed by atoms with van der Waals surface area (Å²) < 4.78 is 0. The predicted molar refractivity (Wildman–Crippen MR) is 88.3 cm³/mol. The predicted octanol–water partition coefficient (Wildman–Crippen LogP) is 4.52. The average molecular weight is 288 g/mol. The summed E-state index contributed by atoms with van der Waals surface area (Å²) in [6.07, 6.45) is 6.33. The summed E-state index contributed by atoms with van der Waals surface area (Å²) in [5.74, 6) is 0. The molecule has 2 rings (SSSR count). The van der Waals surface area contributed by atoms with Gasteiger partial charge in [-0.1, -0.05) is 56.5 Å². The third kappa shape index (κ3) is 5.06. The summed E-state index contributed by atoms with van der Waals surface area (Å²) in [6.45, 7) is 4.42. The Kier molecular flexibility index (Phi) is 6.75. The van der Waals surface area contributed by atoms with E-state index in [1.165, 1.54) is 36.3 Å². The Bertz CT molecular complexity index is 479. The second-order valence-electron chi connectivity index (χ2n) is 5.05. The third-order valence-electron chi connectivity index (χ3n) is 3.34. The minimum Gasteiger partial charge on any atom is -0.316 e. The second kappa shape index (κ2) is 8.88. The first-order valence-corrected chi connectivity index (χ1v) is 8.48. The highest BCUT2D eigenvalue weighted by atomic mass is 32.1. The SMILES string of the molecule is CCCCCCNCCc1nc(-c2ccccc2)cs1. The number of rotatable bonds is 9. The van der Waals surface area contributed by atoms with E-state index in [0.29, 0.717) is 0 Å². The van der Waals surface area contributed by atoms with E-state index < -0.39 is 0 Å². The molecule has 0 saturated carbocycles. The largest absolute Gasteiger partial charge is 0.316 e. The quantitative estimate of drug-likeness (QED) is 0.686. The highest BCUT2D eigenvalue weighted by Gasteiger charge is 2.03. The Hall–Kier alpha value is -1.19. The Morgan fingerprint density at radius 2 is 1.90 bits per heavy atom. The highest BCUT2D eigenvalue weighted by molar-refractivity contribution is 7.09. The fraction of sp³-hybridized carbons (Fsp3) is 0.471. The van der Waals surface area contributed by atoms with Gasteiger partial charge in [-0.3, -0.25) is 0 Å². The molecule has 0 atom stereocenters. The summed E-state index contributed by atoms with van der Waals surface area (Å²) in [5, 5.41) is 6.89. The number of benzene rings is 1. The van der Waals surface area contributed by atoms with Crippen molar-refractivity contribution in [3.8, 4) is 11.3 Å². The lowest BCUT2D eigenvalue weighted by molar-refractivity contribution is 0.598. The third-order valence-corrected chi connectivity index (χ3v) is 4.25. The molecule has 0 fully saturated rings. The number of unbranched alkanes of at least 4 members (excludes halogenated alkanes) is 3. The molecular formula is C17H24N2S. The van der Waals surface area contributed by atoms with Crippen LogP contribution in [-0.4, -0.2) is 18.1 Å². The van der Waals surface area contributed by atoms with Gasteiger partial charge >= 0.3 is 0 Å².